The van der Waals surface area contributed by atoms with Gasteiger partial charge < -0.3 is 5.32 Å². The molecule has 0 saturated heterocycles. The quantitative estimate of drug-likeness (QED) is 0.635. The van der Waals surface area contributed by atoms with Gasteiger partial charge in [-0.25, -0.2) is 9.19 Å². The summed E-state index contributed by atoms with van der Waals surface area (Å²) in [5, 5.41) is 2.85. The summed E-state index contributed by atoms with van der Waals surface area (Å²) in [5.41, 5.74) is 4.66. The Morgan fingerprint density at radius 2 is 2.04 bits per heavy atom. The van der Waals surface area contributed by atoms with E-state index in [1.54, 1.807) is 11.7 Å². The molecule has 1 aromatic heterocycles. The number of amides is 2. The van der Waals surface area contributed by atoms with E-state index in [0.29, 0.717) is 5.69 Å². The zero-order valence-corrected chi connectivity index (χ0v) is 16.2. The van der Waals surface area contributed by atoms with Crippen molar-refractivity contribution in [2.75, 3.05) is 5.32 Å². The van der Waals surface area contributed by atoms with Crippen LogP contribution in [0.25, 0.3) is 10.2 Å². The SMILES string of the molecule is CC(=O)N=S(=O)(O)c1ccc(N=CC2C(=O)Nc3ccc4ncsc4c32)cc1. The molecule has 2 atom stereocenters. The lowest BCUT2D eigenvalue weighted by molar-refractivity contribution is -0.116. The third-order valence-corrected chi connectivity index (χ3v) is 6.42. The molecule has 0 saturated carbocycles. The van der Waals surface area contributed by atoms with E-state index in [1.165, 1.54) is 35.6 Å². The van der Waals surface area contributed by atoms with Gasteiger partial charge in [0.15, 0.2) is 10.0 Å². The summed E-state index contributed by atoms with van der Waals surface area (Å²) in [6, 6.07) is 9.50. The second kappa shape index (κ2) is 6.89. The minimum absolute atomic E-state index is 0.0111. The lowest BCUT2D eigenvalue weighted by atomic mass is 10.0. The number of hydrogen-bond donors (Lipinski definition) is 2. The summed E-state index contributed by atoms with van der Waals surface area (Å²) in [6.45, 7) is 1.11. The van der Waals surface area contributed by atoms with Gasteiger partial charge in [0.05, 0.1) is 26.3 Å². The summed E-state index contributed by atoms with van der Waals surface area (Å²) in [7, 11) is -3.77. The fourth-order valence-electron chi connectivity index (χ4n) is 2.95. The Labute approximate surface area is 164 Å². The molecule has 2 amide bonds. The lowest BCUT2D eigenvalue weighted by Crippen LogP contribution is -2.12. The number of nitrogens with one attached hydrogen (secondary N) is 1. The topological polar surface area (TPSA) is 121 Å². The maximum atomic E-state index is 12.4. The molecule has 2 unspecified atom stereocenters. The van der Waals surface area contributed by atoms with Gasteiger partial charge in [0.2, 0.25) is 5.91 Å². The van der Waals surface area contributed by atoms with E-state index in [9.17, 15) is 18.4 Å². The van der Waals surface area contributed by atoms with Crippen LogP contribution in [-0.2, 0) is 19.6 Å². The summed E-state index contributed by atoms with van der Waals surface area (Å²) in [6.07, 6.45) is 1.55. The fourth-order valence-corrected chi connectivity index (χ4v) is 4.77. The number of hydrogen-bond acceptors (Lipinski definition) is 6. The van der Waals surface area contributed by atoms with Gasteiger partial charge in [-0.15, -0.1) is 15.7 Å². The summed E-state index contributed by atoms with van der Waals surface area (Å²) < 4.78 is 26.0. The van der Waals surface area contributed by atoms with E-state index in [1.807, 2.05) is 12.1 Å². The number of thiazole rings is 1. The third-order valence-electron chi connectivity index (χ3n) is 4.16. The maximum absolute atomic E-state index is 12.4. The molecule has 2 aromatic carbocycles. The van der Waals surface area contributed by atoms with Crippen LogP contribution in [0.2, 0.25) is 0 Å². The standard InChI is InChI=1S/C18H14N4O4S2/c1-10(23)22-28(25,26)12-4-2-11(3-5-12)19-8-13-16-14(21-18(13)24)6-7-15-17(16)27-9-20-15/h2-9,13H,1H3,(H,21,24)(H,22,23,25,26). The van der Waals surface area contributed by atoms with Gasteiger partial charge in [0.1, 0.15) is 5.92 Å². The number of aliphatic imine (C=N–C) groups is 1. The smallest absolute Gasteiger partial charge is 0.252 e. The van der Waals surface area contributed by atoms with Crippen LogP contribution in [-0.4, -0.2) is 31.8 Å². The van der Waals surface area contributed by atoms with E-state index in [4.69, 9.17) is 0 Å². The molecule has 1 aliphatic rings. The van der Waals surface area contributed by atoms with Gasteiger partial charge in [0.25, 0.3) is 5.91 Å². The van der Waals surface area contributed by atoms with Crippen LogP contribution >= 0.6 is 11.3 Å². The van der Waals surface area contributed by atoms with Gasteiger partial charge in [-0.05, 0) is 36.4 Å². The molecule has 28 heavy (non-hydrogen) atoms. The number of carbonyl (C=O) groups excluding carboxylic acids is 2. The van der Waals surface area contributed by atoms with Gasteiger partial charge in [-0.1, -0.05) is 0 Å². The highest BCUT2D eigenvalue weighted by molar-refractivity contribution is 7.88. The predicted octanol–water partition coefficient (Wildman–Crippen LogP) is 3.58. The van der Waals surface area contributed by atoms with Crippen molar-refractivity contribution in [3.05, 3.63) is 47.5 Å². The van der Waals surface area contributed by atoms with Crippen molar-refractivity contribution in [1.29, 1.82) is 0 Å². The summed E-state index contributed by atoms with van der Waals surface area (Å²) >= 11 is 1.47. The summed E-state index contributed by atoms with van der Waals surface area (Å²) in [4.78, 5) is 32.0. The molecule has 0 spiro atoms. The largest absolute Gasteiger partial charge is 0.325 e. The number of aromatic nitrogens is 1. The van der Waals surface area contributed by atoms with Crippen LogP contribution in [0.1, 0.15) is 18.4 Å². The molecule has 0 radical (unpaired) electrons. The molecule has 0 fully saturated rings. The maximum Gasteiger partial charge on any atom is 0.252 e. The molecule has 2 heterocycles. The molecular weight excluding hydrogens is 400 g/mol. The van der Waals surface area contributed by atoms with Crippen molar-refractivity contribution < 1.29 is 18.4 Å². The third kappa shape index (κ3) is 3.33. The van der Waals surface area contributed by atoms with Crippen LogP contribution in [0.5, 0.6) is 0 Å². The van der Waals surface area contributed by atoms with E-state index in [-0.39, 0.29) is 10.8 Å². The normalized spacial score (nSPS) is 18.1. The van der Waals surface area contributed by atoms with Crippen molar-refractivity contribution in [1.82, 2.24) is 4.98 Å². The first kappa shape index (κ1) is 18.4. The van der Waals surface area contributed by atoms with Crippen molar-refractivity contribution >= 4 is 61.0 Å². The number of nitrogens with zero attached hydrogens (tertiary/aromatic N) is 3. The van der Waals surface area contributed by atoms with Crippen molar-refractivity contribution in [3.63, 3.8) is 0 Å². The second-order valence-corrected chi connectivity index (χ2v) is 8.58. The fraction of sp³-hybridized carbons (Fsp3) is 0.111. The summed E-state index contributed by atoms with van der Waals surface area (Å²) in [5.74, 6) is -1.45. The van der Waals surface area contributed by atoms with E-state index in [0.717, 1.165) is 28.4 Å². The lowest BCUT2D eigenvalue weighted by Gasteiger charge is -2.04. The number of carbonyl (C=O) groups is 2. The molecule has 0 aliphatic carbocycles. The highest BCUT2D eigenvalue weighted by Gasteiger charge is 2.31. The molecule has 2 N–H and O–H groups in total. The van der Waals surface area contributed by atoms with Crippen LogP contribution in [0.4, 0.5) is 11.4 Å². The number of benzene rings is 2. The van der Waals surface area contributed by atoms with Crippen molar-refractivity contribution in [3.8, 4) is 0 Å². The monoisotopic (exact) mass is 414 g/mol. The van der Waals surface area contributed by atoms with E-state index >= 15 is 0 Å². The number of rotatable bonds is 3. The van der Waals surface area contributed by atoms with Crippen LogP contribution in [0.3, 0.4) is 0 Å². The number of fused-ring (bicyclic) bond motifs is 3. The Morgan fingerprint density at radius 3 is 2.75 bits per heavy atom. The second-order valence-electron chi connectivity index (χ2n) is 6.07. The molecular formula is C18H14N4O4S2. The molecule has 0 bridgehead atoms. The van der Waals surface area contributed by atoms with Crippen molar-refractivity contribution in [2.24, 2.45) is 9.36 Å². The molecule has 10 heteroatoms. The molecule has 3 aromatic rings. The van der Waals surface area contributed by atoms with Gasteiger partial charge in [-0.2, -0.15) is 0 Å². The first-order chi connectivity index (χ1) is 13.3. The Bertz CT molecular complexity index is 1250. The molecule has 4 rings (SSSR count). The van der Waals surface area contributed by atoms with Crippen molar-refractivity contribution in [2.45, 2.75) is 17.7 Å². The number of anilines is 1. The molecule has 1 aliphatic heterocycles. The molecule has 142 valence electrons. The van der Waals surface area contributed by atoms with Crippen LogP contribution in [0, 0.1) is 0 Å². The Kier molecular flexibility index (Phi) is 4.53. The van der Waals surface area contributed by atoms with Gasteiger partial charge >= 0.3 is 0 Å². The Balaban J connectivity index is 1.64. The van der Waals surface area contributed by atoms with E-state index in [2.05, 4.69) is 19.7 Å². The highest BCUT2D eigenvalue weighted by Crippen LogP contribution is 2.39. The first-order valence-corrected chi connectivity index (χ1v) is 10.5. The Hall–Kier alpha value is -2.95. The minimum Gasteiger partial charge on any atom is -0.325 e. The molecule has 8 nitrogen and oxygen atoms in total. The zero-order valence-electron chi connectivity index (χ0n) is 14.5. The minimum atomic E-state index is -3.77. The van der Waals surface area contributed by atoms with Crippen LogP contribution < -0.4 is 5.32 Å². The first-order valence-electron chi connectivity index (χ1n) is 8.16. The zero-order chi connectivity index (χ0) is 19.9. The van der Waals surface area contributed by atoms with E-state index < -0.39 is 21.8 Å². The predicted molar refractivity (Wildman–Crippen MR) is 108 cm³/mol. The van der Waals surface area contributed by atoms with Gasteiger partial charge in [0, 0.05) is 24.4 Å². The average Bonchev–Trinajstić information content (AvgIpc) is 3.22. The Morgan fingerprint density at radius 1 is 1.29 bits per heavy atom. The average molecular weight is 414 g/mol. The van der Waals surface area contributed by atoms with Crippen LogP contribution in [0.15, 0.2) is 56.2 Å². The highest BCUT2D eigenvalue weighted by atomic mass is 32.2. The van der Waals surface area contributed by atoms with Gasteiger partial charge in [-0.3, -0.25) is 19.1 Å².